The van der Waals surface area contributed by atoms with E-state index in [4.69, 9.17) is 0 Å². The van der Waals surface area contributed by atoms with Gasteiger partial charge >= 0.3 is 0 Å². The minimum Gasteiger partial charge on any atom is -0.309 e. The van der Waals surface area contributed by atoms with Crippen molar-refractivity contribution in [1.29, 1.82) is 0 Å². The molecule has 0 radical (unpaired) electrons. The van der Waals surface area contributed by atoms with Crippen LogP contribution in [0.3, 0.4) is 0 Å². The normalized spacial score (nSPS) is 30.6. The van der Waals surface area contributed by atoms with Gasteiger partial charge in [0.25, 0.3) is 0 Å². The Hall–Kier alpha value is -0.0800. The van der Waals surface area contributed by atoms with Gasteiger partial charge in [0.15, 0.2) is 0 Å². The Bertz CT molecular complexity index is 187. The molecule has 0 aromatic carbocycles. The van der Waals surface area contributed by atoms with Crippen molar-refractivity contribution in [2.45, 2.75) is 59.2 Å². The van der Waals surface area contributed by atoms with Crippen molar-refractivity contribution in [1.82, 2.24) is 10.2 Å². The van der Waals surface area contributed by atoms with Gasteiger partial charge in [0, 0.05) is 30.7 Å². The topological polar surface area (TPSA) is 15.3 Å². The zero-order valence-corrected chi connectivity index (χ0v) is 10.6. The summed E-state index contributed by atoms with van der Waals surface area (Å²) in [5.74, 6) is 0.742. The first-order valence-electron chi connectivity index (χ1n) is 5.84. The minimum atomic E-state index is 0.273. The summed E-state index contributed by atoms with van der Waals surface area (Å²) in [5.41, 5.74) is 0.273. The van der Waals surface area contributed by atoms with E-state index < -0.39 is 0 Å². The summed E-state index contributed by atoms with van der Waals surface area (Å²) in [5, 5.41) is 3.59. The number of hydrogen-bond acceptors (Lipinski definition) is 2. The standard InChI is InChI=1S/C12H26N2/c1-9(2)11(4)14-8-12(5,6)13-7-10(14)3/h9-11,13H,7-8H2,1-6H3. The van der Waals surface area contributed by atoms with E-state index in [0.717, 1.165) is 19.0 Å². The van der Waals surface area contributed by atoms with Crippen molar-refractivity contribution >= 4 is 0 Å². The Morgan fingerprint density at radius 1 is 1.29 bits per heavy atom. The summed E-state index contributed by atoms with van der Waals surface area (Å²) >= 11 is 0. The molecule has 1 fully saturated rings. The van der Waals surface area contributed by atoms with Crippen LogP contribution >= 0.6 is 0 Å². The van der Waals surface area contributed by atoms with Crippen LogP contribution in [-0.4, -0.2) is 35.6 Å². The van der Waals surface area contributed by atoms with Crippen LogP contribution in [-0.2, 0) is 0 Å². The average Bonchev–Trinajstić information content (AvgIpc) is 2.08. The van der Waals surface area contributed by atoms with E-state index in [-0.39, 0.29) is 5.54 Å². The van der Waals surface area contributed by atoms with Gasteiger partial charge in [-0.05, 0) is 33.6 Å². The molecule has 14 heavy (non-hydrogen) atoms. The summed E-state index contributed by atoms with van der Waals surface area (Å²) in [6.45, 7) is 16.2. The fraction of sp³-hybridized carbons (Fsp3) is 1.00. The van der Waals surface area contributed by atoms with Gasteiger partial charge in [-0.15, -0.1) is 0 Å². The summed E-state index contributed by atoms with van der Waals surface area (Å²) in [6, 6.07) is 1.35. The van der Waals surface area contributed by atoms with Crippen LogP contribution in [0.5, 0.6) is 0 Å². The van der Waals surface area contributed by atoms with Crippen molar-refractivity contribution in [2.75, 3.05) is 13.1 Å². The van der Waals surface area contributed by atoms with Gasteiger partial charge in [-0.3, -0.25) is 4.90 Å². The van der Waals surface area contributed by atoms with Crippen LogP contribution in [0.4, 0.5) is 0 Å². The molecule has 1 aliphatic heterocycles. The molecule has 0 bridgehead atoms. The molecule has 1 rings (SSSR count). The lowest BCUT2D eigenvalue weighted by Gasteiger charge is -2.47. The molecule has 0 aromatic heterocycles. The third kappa shape index (κ3) is 2.71. The maximum absolute atomic E-state index is 3.59. The number of rotatable bonds is 2. The minimum absolute atomic E-state index is 0.273. The largest absolute Gasteiger partial charge is 0.309 e. The van der Waals surface area contributed by atoms with E-state index in [0.29, 0.717) is 12.1 Å². The van der Waals surface area contributed by atoms with Crippen molar-refractivity contribution in [2.24, 2.45) is 5.92 Å². The summed E-state index contributed by atoms with van der Waals surface area (Å²) in [6.07, 6.45) is 0. The monoisotopic (exact) mass is 198 g/mol. The van der Waals surface area contributed by atoms with Crippen molar-refractivity contribution < 1.29 is 0 Å². The van der Waals surface area contributed by atoms with Crippen LogP contribution in [0.1, 0.15) is 41.5 Å². The van der Waals surface area contributed by atoms with Crippen LogP contribution in [0, 0.1) is 5.92 Å². The van der Waals surface area contributed by atoms with Gasteiger partial charge in [0.05, 0.1) is 0 Å². The van der Waals surface area contributed by atoms with E-state index in [2.05, 4.69) is 51.8 Å². The Morgan fingerprint density at radius 2 is 1.86 bits per heavy atom. The first kappa shape index (κ1) is 12.0. The number of hydrogen-bond donors (Lipinski definition) is 1. The van der Waals surface area contributed by atoms with E-state index in [1.165, 1.54) is 0 Å². The lowest BCUT2D eigenvalue weighted by molar-refractivity contribution is 0.0507. The second-order valence-electron chi connectivity index (χ2n) is 5.77. The molecule has 2 nitrogen and oxygen atoms in total. The van der Waals surface area contributed by atoms with E-state index in [1.807, 2.05) is 0 Å². The third-order valence-corrected chi connectivity index (χ3v) is 3.51. The fourth-order valence-corrected chi connectivity index (χ4v) is 2.14. The van der Waals surface area contributed by atoms with Gasteiger partial charge < -0.3 is 5.32 Å². The highest BCUT2D eigenvalue weighted by Crippen LogP contribution is 2.21. The highest BCUT2D eigenvalue weighted by atomic mass is 15.3. The SMILES string of the molecule is CC(C)C(C)N1CC(C)(C)NCC1C. The molecule has 0 aromatic rings. The Kier molecular flexibility index (Phi) is 3.59. The highest BCUT2D eigenvalue weighted by Gasteiger charge is 2.33. The Labute approximate surface area is 89.1 Å². The molecule has 1 heterocycles. The maximum atomic E-state index is 3.59. The average molecular weight is 198 g/mol. The molecular weight excluding hydrogens is 172 g/mol. The molecule has 0 saturated carbocycles. The van der Waals surface area contributed by atoms with Gasteiger partial charge in [0.2, 0.25) is 0 Å². The molecule has 2 atom stereocenters. The van der Waals surface area contributed by atoms with Crippen LogP contribution in [0.15, 0.2) is 0 Å². The molecular formula is C12H26N2. The van der Waals surface area contributed by atoms with Gasteiger partial charge in [-0.2, -0.15) is 0 Å². The quantitative estimate of drug-likeness (QED) is 0.731. The third-order valence-electron chi connectivity index (χ3n) is 3.51. The number of nitrogens with one attached hydrogen (secondary N) is 1. The second-order valence-corrected chi connectivity index (χ2v) is 5.77. The van der Waals surface area contributed by atoms with E-state index >= 15 is 0 Å². The highest BCUT2D eigenvalue weighted by molar-refractivity contribution is 4.92. The predicted molar refractivity (Wildman–Crippen MR) is 62.5 cm³/mol. The summed E-state index contributed by atoms with van der Waals surface area (Å²) in [4.78, 5) is 2.64. The molecule has 2 heteroatoms. The van der Waals surface area contributed by atoms with Crippen molar-refractivity contribution in [3.05, 3.63) is 0 Å². The number of nitrogens with zero attached hydrogens (tertiary/aromatic N) is 1. The zero-order valence-electron chi connectivity index (χ0n) is 10.6. The van der Waals surface area contributed by atoms with Gasteiger partial charge in [-0.25, -0.2) is 0 Å². The first-order chi connectivity index (χ1) is 6.33. The van der Waals surface area contributed by atoms with E-state index in [1.54, 1.807) is 0 Å². The van der Waals surface area contributed by atoms with Crippen molar-refractivity contribution in [3.8, 4) is 0 Å². The fourth-order valence-electron chi connectivity index (χ4n) is 2.14. The first-order valence-corrected chi connectivity index (χ1v) is 5.84. The van der Waals surface area contributed by atoms with Crippen LogP contribution in [0.25, 0.3) is 0 Å². The van der Waals surface area contributed by atoms with Crippen LogP contribution in [0.2, 0.25) is 0 Å². The van der Waals surface area contributed by atoms with E-state index in [9.17, 15) is 0 Å². The zero-order chi connectivity index (χ0) is 10.9. The molecule has 1 aliphatic rings. The molecule has 2 unspecified atom stereocenters. The molecule has 0 aliphatic carbocycles. The molecule has 0 amide bonds. The predicted octanol–water partition coefficient (Wildman–Crippen LogP) is 2.10. The van der Waals surface area contributed by atoms with Crippen LogP contribution < -0.4 is 5.32 Å². The second kappa shape index (κ2) is 4.19. The van der Waals surface area contributed by atoms with Crippen molar-refractivity contribution in [3.63, 3.8) is 0 Å². The number of piperazine rings is 1. The lowest BCUT2D eigenvalue weighted by Crippen LogP contribution is -2.63. The maximum Gasteiger partial charge on any atom is 0.0253 e. The smallest absolute Gasteiger partial charge is 0.0253 e. The molecule has 0 spiro atoms. The molecule has 1 saturated heterocycles. The summed E-state index contributed by atoms with van der Waals surface area (Å²) < 4.78 is 0. The lowest BCUT2D eigenvalue weighted by atomic mass is 9.94. The summed E-state index contributed by atoms with van der Waals surface area (Å²) in [7, 11) is 0. The molecule has 1 N–H and O–H groups in total. The van der Waals surface area contributed by atoms with Gasteiger partial charge in [-0.1, -0.05) is 13.8 Å². The Balaban J connectivity index is 2.65. The molecule has 84 valence electrons. The van der Waals surface area contributed by atoms with Gasteiger partial charge in [0.1, 0.15) is 0 Å². The Morgan fingerprint density at radius 3 is 2.36 bits per heavy atom.